The normalized spacial score (nSPS) is 12.5. The van der Waals surface area contributed by atoms with E-state index < -0.39 is 10.0 Å². The van der Waals surface area contributed by atoms with Crippen molar-refractivity contribution in [2.45, 2.75) is 38.3 Å². The molecule has 1 aromatic rings. The Labute approximate surface area is 135 Å². The van der Waals surface area contributed by atoms with E-state index in [-0.39, 0.29) is 9.56 Å². The first kappa shape index (κ1) is 18.6. The van der Waals surface area contributed by atoms with Gasteiger partial charge in [-0.2, -0.15) is 4.31 Å². The van der Waals surface area contributed by atoms with Crippen LogP contribution in [0.1, 0.15) is 26.5 Å². The number of hydrogen-bond donors (Lipinski definition) is 1. The minimum absolute atomic E-state index is 0.154. The lowest BCUT2D eigenvalue weighted by Gasteiger charge is -2.19. The summed E-state index contributed by atoms with van der Waals surface area (Å²) in [5.41, 5.74) is 0. The molecule has 0 aliphatic heterocycles. The van der Waals surface area contributed by atoms with Crippen LogP contribution in [0.25, 0.3) is 0 Å². The van der Waals surface area contributed by atoms with Crippen LogP contribution < -0.4 is 5.32 Å². The lowest BCUT2D eigenvalue weighted by molar-refractivity contribution is 0.180. The Morgan fingerprint density at radius 2 is 2.14 bits per heavy atom. The molecule has 8 heteroatoms. The highest BCUT2D eigenvalue weighted by atomic mass is 79.9. The van der Waals surface area contributed by atoms with E-state index in [1.54, 1.807) is 20.1 Å². The molecular weight excluding hydrogens is 360 g/mol. The Hall–Kier alpha value is -0.410. The zero-order valence-electron chi connectivity index (χ0n) is 12.8. The smallest absolute Gasteiger partial charge is 0.247 e. The van der Waals surface area contributed by atoms with Crippen molar-refractivity contribution in [1.82, 2.24) is 9.62 Å². The highest BCUT2D eigenvalue weighted by Gasteiger charge is 2.28. The Bertz CT molecular complexity index is 542. The summed E-state index contributed by atoms with van der Waals surface area (Å²) in [5.74, 6) is 0.581. The third-order valence-electron chi connectivity index (χ3n) is 2.91. The zero-order chi connectivity index (χ0) is 16.0. The maximum atomic E-state index is 12.6. The topological polar surface area (TPSA) is 71.8 Å². The molecule has 1 aromatic heterocycles. The van der Waals surface area contributed by atoms with E-state index in [1.807, 2.05) is 13.8 Å². The second-order valence-electron chi connectivity index (χ2n) is 4.88. The number of nitrogens with one attached hydrogen (secondary N) is 1. The molecule has 0 amide bonds. The summed E-state index contributed by atoms with van der Waals surface area (Å²) in [6.45, 7) is 7.34. The van der Waals surface area contributed by atoms with E-state index in [0.29, 0.717) is 38.0 Å². The summed E-state index contributed by atoms with van der Waals surface area (Å²) in [6, 6.07) is 1.85. The van der Waals surface area contributed by atoms with E-state index in [9.17, 15) is 8.42 Å². The number of rotatable bonds is 9. The van der Waals surface area contributed by atoms with E-state index in [0.717, 1.165) is 0 Å². The van der Waals surface area contributed by atoms with Gasteiger partial charge in [0.25, 0.3) is 0 Å². The predicted octanol–water partition coefficient (Wildman–Crippen LogP) is 2.20. The Balaban J connectivity index is 2.96. The molecule has 0 fully saturated rings. The maximum Gasteiger partial charge on any atom is 0.247 e. The van der Waals surface area contributed by atoms with Gasteiger partial charge in [-0.05, 0) is 15.9 Å². The third kappa shape index (κ3) is 5.07. The van der Waals surface area contributed by atoms with Crippen molar-refractivity contribution in [3.8, 4) is 0 Å². The first-order valence-electron chi connectivity index (χ1n) is 6.83. The number of halogens is 1. The average Bonchev–Trinajstić information content (AvgIpc) is 2.79. The molecule has 21 heavy (non-hydrogen) atoms. The van der Waals surface area contributed by atoms with Gasteiger partial charge in [0.15, 0.2) is 4.67 Å². The van der Waals surface area contributed by atoms with Gasteiger partial charge in [-0.3, -0.25) is 0 Å². The maximum absolute atomic E-state index is 12.6. The van der Waals surface area contributed by atoms with Crippen molar-refractivity contribution in [2.75, 3.05) is 26.8 Å². The van der Waals surface area contributed by atoms with Gasteiger partial charge >= 0.3 is 0 Å². The van der Waals surface area contributed by atoms with Crippen molar-refractivity contribution in [3.05, 3.63) is 16.5 Å². The molecular formula is C13H23BrN2O4S. The zero-order valence-corrected chi connectivity index (χ0v) is 15.3. The van der Waals surface area contributed by atoms with Crippen LogP contribution in [0.5, 0.6) is 0 Å². The molecule has 0 atom stereocenters. The Morgan fingerprint density at radius 1 is 1.48 bits per heavy atom. The summed E-state index contributed by atoms with van der Waals surface area (Å²) >= 11 is 3.19. The van der Waals surface area contributed by atoms with Crippen LogP contribution in [-0.2, 0) is 21.3 Å². The summed E-state index contributed by atoms with van der Waals surface area (Å²) < 4.78 is 37.2. The van der Waals surface area contributed by atoms with Gasteiger partial charge in [-0.25, -0.2) is 8.42 Å². The molecule has 1 N–H and O–H groups in total. The summed E-state index contributed by atoms with van der Waals surface area (Å²) in [5, 5.41) is 3.19. The standard InChI is InChI=1S/C13H23BrN2O4S/c1-5-16(6-7-19-4)21(17,18)12-8-11(20-13(12)14)9-15-10(2)3/h8,10,15H,5-7,9H2,1-4H3. The second-order valence-corrected chi connectivity index (χ2v) is 7.50. The minimum atomic E-state index is -3.59. The fraction of sp³-hybridized carbons (Fsp3) is 0.692. The van der Waals surface area contributed by atoms with Crippen LogP contribution in [0.15, 0.2) is 20.0 Å². The van der Waals surface area contributed by atoms with Crippen molar-refractivity contribution in [1.29, 1.82) is 0 Å². The number of methoxy groups -OCH3 is 1. The number of hydrogen-bond acceptors (Lipinski definition) is 5. The van der Waals surface area contributed by atoms with E-state index in [2.05, 4.69) is 21.2 Å². The van der Waals surface area contributed by atoms with Crippen LogP contribution in [0, 0.1) is 0 Å². The monoisotopic (exact) mass is 382 g/mol. The summed E-state index contributed by atoms with van der Waals surface area (Å²) in [4.78, 5) is 0.154. The second kappa shape index (κ2) is 8.28. The van der Waals surface area contributed by atoms with E-state index in [4.69, 9.17) is 9.15 Å². The van der Waals surface area contributed by atoms with Crippen LogP contribution in [-0.4, -0.2) is 45.6 Å². The van der Waals surface area contributed by atoms with E-state index in [1.165, 1.54) is 4.31 Å². The fourth-order valence-corrected chi connectivity index (χ4v) is 4.14. The summed E-state index contributed by atoms with van der Waals surface area (Å²) in [6.07, 6.45) is 0. The molecule has 0 bridgehead atoms. The van der Waals surface area contributed by atoms with Crippen molar-refractivity contribution < 1.29 is 17.6 Å². The Morgan fingerprint density at radius 3 is 2.67 bits per heavy atom. The Kier molecular flexibility index (Phi) is 7.35. The lowest BCUT2D eigenvalue weighted by Crippen LogP contribution is -2.33. The van der Waals surface area contributed by atoms with Gasteiger partial charge in [0.05, 0.1) is 13.2 Å². The fourth-order valence-electron chi connectivity index (χ4n) is 1.75. The predicted molar refractivity (Wildman–Crippen MR) is 84.7 cm³/mol. The molecule has 0 aromatic carbocycles. The molecule has 0 aliphatic rings. The van der Waals surface area contributed by atoms with Crippen molar-refractivity contribution >= 4 is 26.0 Å². The molecule has 0 saturated heterocycles. The molecule has 1 rings (SSSR count). The average molecular weight is 383 g/mol. The van der Waals surface area contributed by atoms with Gasteiger partial charge in [-0.1, -0.05) is 20.8 Å². The number of likely N-dealkylation sites (N-methyl/N-ethyl adjacent to an activating group) is 1. The number of sulfonamides is 1. The lowest BCUT2D eigenvalue weighted by atomic mass is 10.3. The van der Waals surface area contributed by atoms with Crippen LogP contribution in [0.2, 0.25) is 0 Å². The SMILES string of the molecule is CCN(CCOC)S(=O)(=O)c1cc(CNC(C)C)oc1Br. The molecule has 0 saturated carbocycles. The van der Waals surface area contributed by atoms with Crippen LogP contribution in [0.3, 0.4) is 0 Å². The van der Waals surface area contributed by atoms with Gasteiger partial charge in [0.2, 0.25) is 10.0 Å². The number of nitrogens with zero attached hydrogens (tertiary/aromatic N) is 1. The third-order valence-corrected chi connectivity index (χ3v) is 5.74. The molecule has 0 radical (unpaired) electrons. The summed E-state index contributed by atoms with van der Waals surface area (Å²) in [7, 11) is -2.04. The van der Waals surface area contributed by atoms with Crippen LogP contribution >= 0.6 is 15.9 Å². The highest BCUT2D eigenvalue weighted by molar-refractivity contribution is 9.10. The van der Waals surface area contributed by atoms with Gasteiger partial charge in [0, 0.05) is 32.3 Å². The number of furan rings is 1. The molecule has 1 heterocycles. The van der Waals surface area contributed by atoms with Gasteiger partial charge in [-0.15, -0.1) is 0 Å². The van der Waals surface area contributed by atoms with Gasteiger partial charge in [0.1, 0.15) is 10.7 Å². The molecule has 0 unspecified atom stereocenters. The molecule has 0 aliphatic carbocycles. The highest BCUT2D eigenvalue weighted by Crippen LogP contribution is 2.28. The molecule has 6 nitrogen and oxygen atoms in total. The van der Waals surface area contributed by atoms with Gasteiger partial charge < -0.3 is 14.5 Å². The first-order valence-corrected chi connectivity index (χ1v) is 9.06. The first-order chi connectivity index (χ1) is 9.82. The quantitative estimate of drug-likeness (QED) is 0.708. The van der Waals surface area contributed by atoms with Crippen molar-refractivity contribution in [2.24, 2.45) is 0 Å². The molecule has 122 valence electrons. The largest absolute Gasteiger partial charge is 0.452 e. The van der Waals surface area contributed by atoms with Crippen LogP contribution in [0.4, 0.5) is 0 Å². The van der Waals surface area contributed by atoms with E-state index >= 15 is 0 Å². The number of ether oxygens (including phenoxy) is 1. The van der Waals surface area contributed by atoms with Crippen molar-refractivity contribution in [3.63, 3.8) is 0 Å². The molecule has 0 spiro atoms. The minimum Gasteiger partial charge on any atom is -0.452 e.